The van der Waals surface area contributed by atoms with Gasteiger partial charge in [-0.25, -0.2) is 0 Å². The lowest BCUT2D eigenvalue weighted by atomic mass is 9.94. The fourth-order valence-electron chi connectivity index (χ4n) is 1.74. The maximum Gasteiger partial charge on any atom is 0.210 e. The summed E-state index contributed by atoms with van der Waals surface area (Å²) in [6.07, 6.45) is 3.32. The minimum absolute atomic E-state index is 0.0415. The van der Waals surface area contributed by atoms with Crippen molar-refractivity contribution in [3.8, 4) is 5.75 Å². The Morgan fingerprint density at radius 3 is 2.59 bits per heavy atom. The van der Waals surface area contributed by atoms with Crippen LogP contribution in [0.25, 0.3) is 0 Å². The molecule has 1 aromatic rings. The summed E-state index contributed by atoms with van der Waals surface area (Å²) >= 11 is 0. The lowest BCUT2D eigenvalue weighted by Gasteiger charge is -2.12. The molecule has 1 rings (SSSR count). The first-order chi connectivity index (χ1) is 8.17. The molecular formula is C13H17NO3. The van der Waals surface area contributed by atoms with E-state index in [9.17, 15) is 10.1 Å². The Kier molecular flexibility index (Phi) is 5.20. The molecule has 0 aliphatic rings. The van der Waals surface area contributed by atoms with Gasteiger partial charge < -0.3 is 4.74 Å². The molecule has 0 heterocycles. The molecule has 0 aromatic heterocycles. The smallest absolute Gasteiger partial charge is 0.210 e. The van der Waals surface area contributed by atoms with Crippen LogP contribution in [0.15, 0.2) is 36.9 Å². The molecule has 0 spiro atoms. The highest BCUT2D eigenvalue weighted by molar-refractivity contribution is 5.29. The highest BCUT2D eigenvalue weighted by atomic mass is 16.6. The van der Waals surface area contributed by atoms with Crippen molar-refractivity contribution in [1.82, 2.24) is 0 Å². The minimum atomic E-state index is -0.266. The van der Waals surface area contributed by atoms with Crippen LogP contribution in [0.3, 0.4) is 0 Å². The molecule has 0 radical (unpaired) electrons. The van der Waals surface area contributed by atoms with Crippen molar-refractivity contribution in [1.29, 1.82) is 0 Å². The van der Waals surface area contributed by atoms with E-state index < -0.39 is 0 Å². The summed E-state index contributed by atoms with van der Waals surface area (Å²) in [5.41, 5.74) is 0.976. The quantitative estimate of drug-likeness (QED) is 0.414. The van der Waals surface area contributed by atoms with Crippen LogP contribution in [0.4, 0.5) is 0 Å². The summed E-state index contributed by atoms with van der Waals surface area (Å²) in [7, 11) is 1.60. The zero-order chi connectivity index (χ0) is 12.7. The van der Waals surface area contributed by atoms with Gasteiger partial charge in [-0.05, 0) is 30.5 Å². The minimum Gasteiger partial charge on any atom is -0.497 e. The van der Waals surface area contributed by atoms with Crippen molar-refractivity contribution in [2.45, 2.75) is 18.8 Å². The third-order valence-electron chi connectivity index (χ3n) is 2.68. The number of ether oxygens (including phenoxy) is 1. The van der Waals surface area contributed by atoms with E-state index in [1.807, 2.05) is 24.3 Å². The van der Waals surface area contributed by atoms with E-state index in [1.54, 1.807) is 13.2 Å². The van der Waals surface area contributed by atoms with E-state index in [0.717, 1.165) is 24.2 Å². The largest absolute Gasteiger partial charge is 0.497 e. The van der Waals surface area contributed by atoms with Crippen LogP contribution >= 0.6 is 0 Å². The van der Waals surface area contributed by atoms with Crippen LogP contribution in [-0.2, 0) is 0 Å². The molecule has 0 saturated heterocycles. The third kappa shape index (κ3) is 4.26. The summed E-state index contributed by atoms with van der Waals surface area (Å²) < 4.78 is 5.06. The van der Waals surface area contributed by atoms with Gasteiger partial charge in [0.1, 0.15) is 5.75 Å². The van der Waals surface area contributed by atoms with Gasteiger partial charge in [-0.3, -0.25) is 10.1 Å². The fourth-order valence-corrected chi connectivity index (χ4v) is 1.74. The molecule has 4 nitrogen and oxygen atoms in total. The summed E-state index contributed by atoms with van der Waals surface area (Å²) in [4.78, 5) is 10.4. The van der Waals surface area contributed by atoms with Crippen molar-refractivity contribution in [2.75, 3.05) is 13.7 Å². The maximum atomic E-state index is 10.6. The summed E-state index contributed by atoms with van der Waals surface area (Å²) in [5, 5.41) is 10.6. The predicted molar refractivity (Wildman–Crippen MR) is 67.0 cm³/mol. The Morgan fingerprint density at radius 2 is 2.12 bits per heavy atom. The fraction of sp³-hybridized carbons (Fsp3) is 0.385. The van der Waals surface area contributed by atoms with Gasteiger partial charge in [0, 0.05) is 10.8 Å². The Bertz CT molecular complexity index is 373. The van der Waals surface area contributed by atoms with Crippen LogP contribution in [0.1, 0.15) is 24.3 Å². The number of hydrogen-bond acceptors (Lipinski definition) is 3. The van der Waals surface area contributed by atoms with Gasteiger partial charge in [0.15, 0.2) is 0 Å². The summed E-state index contributed by atoms with van der Waals surface area (Å²) in [6, 6.07) is 7.43. The van der Waals surface area contributed by atoms with E-state index in [2.05, 4.69) is 6.58 Å². The van der Waals surface area contributed by atoms with Gasteiger partial charge in [-0.1, -0.05) is 18.2 Å². The zero-order valence-electron chi connectivity index (χ0n) is 9.96. The number of nitrogens with zero attached hydrogens (tertiary/aromatic N) is 1. The average molecular weight is 235 g/mol. The molecule has 0 fully saturated rings. The molecule has 0 bridgehead atoms. The first-order valence-electron chi connectivity index (χ1n) is 5.54. The van der Waals surface area contributed by atoms with Crippen LogP contribution in [0.2, 0.25) is 0 Å². The summed E-state index contributed by atoms with van der Waals surface area (Å²) in [5.74, 6) is 0.700. The molecule has 0 aliphatic carbocycles. The molecule has 0 N–H and O–H groups in total. The van der Waals surface area contributed by atoms with Crippen molar-refractivity contribution in [2.24, 2.45) is 0 Å². The predicted octanol–water partition coefficient (Wildman–Crippen LogP) is 3.02. The number of hydrogen-bond donors (Lipinski definition) is 0. The Balaban J connectivity index is 2.78. The molecule has 1 atom stereocenters. The van der Waals surface area contributed by atoms with Gasteiger partial charge in [0.25, 0.3) is 0 Å². The second-order valence-electron chi connectivity index (χ2n) is 3.85. The Morgan fingerprint density at radius 1 is 1.47 bits per heavy atom. The molecule has 1 unspecified atom stereocenters. The van der Waals surface area contributed by atoms with Crippen LogP contribution in [-0.4, -0.2) is 18.6 Å². The van der Waals surface area contributed by atoms with Gasteiger partial charge in [-0.15, -0.1) is 6.58 Å². The number of methoxy groups -OCH3 is 1. The van der Waals surface area contributed by atoms with Gasteiger partial charge in [-0.2, -0.15) is 0 Å². The topological polar surface area (TPSA) is 52.4 Å². The SMILES string of the molecule is C=CCCC(C[N+](=O)[O-])c1ccc(OC)cc1. The van der Waals surface area contributed by atoms with E-state index >= 15 is 0 Å². The maximum absolute atomic E-state index is 10.6. The van der Waals surface area contributed by atoms with E-state index in [4.69, 9.17) is 4.74 Å². The lowest BCUT2D eigenvalue weighted by molar-refractivity contribution is -0.483. The van der Waals surface area contributed by atoms with Crippen LogP contribution in [0, 0.1) is 10.1 Å². The van der Waals surface area contributed by atoms with Crippen LogP contribution < -0.4 is 4.74 Å². The first kappa shape index (κ1) is 13.2. The zero-order valence-corrected chi connectivity index (χ0v) is 9.96. The van der Waals surface area contributed by atoms with Gasteiger partial charge in [0.05, 0.1) is 7.11 Å². The van der Waals surface area contributed by atoms with E-state index in [1.165, 1.54) is 0 Å². The van der Waals surface area contributed by atoms with Crippen molar-refractivity contribution in [3.05, 3.63) is 52.6 Å². The Labute approximate surface area is 101 Å². The number of benzene rings is 1. The normalized spacial score (nSPS) is 11.8. The monoisotopic (exact) mass is 235 g/mol. The molecule has 4 heteroatoms. The average Bonchev–Trinajstić information content (AvgIpc) is 2.34. The van der Waals surface area contributed by atoms with Crippen LogP contribution in [0.5, 0.6) is 5.75 Å². The number of allylic oxidation sites excluding steroid dienone is 1. The van der Waals surface area contributed by atoms with Crippen molar-refractivity contribution in [3.63, 3.8) is 0 Å². The molecule has 17 heavy (non-hydrogen) atoms. The molecule has 92 valence electrons. The van der Waals surface area contributed by atoms with E-state index in [-0.39, 0.29) is 17.4 Å². The highest BCUT2D eigenvalue weighted by Crippen LogP contribution is 2.24. The van der Waals surface area contributed by atoms with E-state index in [0.29, 0.717) is 0 Å². The Hall–Kier alpha value is -1.84. The standard InChI is InChI=1S/C13H17NO3/c1-3-4-5-12(10-14(15)16)11-6-8-13(17-2)9-7-11/h3,6-9,12H,1,4-5,10H2,2H3. The van der Waals surface area contributed by atoms with Crippen molar-refractivity contribution >= 4 is 0 Å². The molecule has 0 aliphatic heterocycles. The van der Waals surface area contributed by atoms with Crippen molar-refractivity contribution < 1.29 is 9.66 Å². The second kappa shape index (κ2) is 6.68. The lowest BCUT2D eigenvalue weighted by Crippen LogP contribution is -2.12. The van der Waals surface area contributed by atoms with Gasteiger partial charge in [0.2, 0.25) is 6.54 Å². The number of nitro groups is 1. The summed E-state index contributed by atoms with van der Waals surface area (Å²) in [6.45, 7) is 3.60. The number of rotatable bonds is 7. The first-order valence-corrected chi connectivity index (χ1v) is 5.54. The molecule has 1 aromatic carbocycles. The van der Waals surface area contributed by atoms with Gasteiger partial charge >= 0.3 is 0 Å². The second-order valence-corrected chi connectivity index (χ2v) is 3.85. The molecular weight excluding hydrogens is 218 g/mol. The highest BCUT2D eigenvalue weighted by Gasteiger charge is 2.16. The third-order valence-corrected chi connectivity index (χ3v) is 2.68. The molecule has 0 saturated carbocycles. The molecule has 0 amide bonds.